The molecular weight excluding hydrogens is 454 g/mol. The van der Waals surface area contributed by atoms with Gasteiger partial charge in [-0.15, -0.1) is 0 Å². The van der Waals surface area contributed by atoms with Gasteiger partial charge in [-0.25, -0.2) is 0 Å². The number of carbonyl (C=O) groups is 3. The molecule has 0 radical (unpaired) electrons. The average Bonchev–Trinajstić information content (AvgIpc) is 3.44. The fourth-order valence-corrected chi connectivity index (χ4v) is 4.29. The highest BCUT2D eigenvalue weighted by Gasteiger charge is 2.21. The molecule has 0 saturated carbocycles. The molecule has 186 valence electrons. The zero-order chi connectivity index (χ0) is 25.3. The van der Waals surface area contributed by atoms with Gasteiger partial charge in [-0.1, -0.05) is 48.5 Å². The molecule has 2 amide bonds. The van der Waals surface area contributed by atoms with Gasteiger partial charge < -0.3 is 20.3 Å². The highest BCUT2D eigenvalue weighted by Crippen LogP contribution is 2.25. The Morgan fingerprint density at radius 2 is 1.58 bits per heavy atom. The molecule has 1 aliphatic rings. The Labute approximate surface area is 211 Å². The number of hydrogen-bond acceptors (Lipinski definition) is 5. The minimum Gasteiger partial charge on any atom is -0.455 e. The van der Waals surface area contributed by atoms with E-state index in [1.165, 1.54) is 12.8 Å². The second kappa shape index (κ2) is 12.0. The number of anilines is 2. The number of carbonyl (C=O) groups excluding carboxylic acids is 3. The highest BCUT2D eigenvalue weighted by atomic mass is 16.5. The van der Waals surface area contributed by atoms with Crippen molar-refractivity contribution >= 4 is 29.2 Å². The van der Waals surface area contributed by atoms with Crippen molar-refractivity contribution < 1.29 is 19.1 Å². The maximum Gasteiger partial charge on any atom is 0.308 e. The van der Waals surface area contributed by atoms with Crippen LogP contribution in [0.15, 0.2) is 78.9 Å². The number of esters is 1. The van der Waals surface area contributed by atoms with E-state index < -0.39 is 24.5 Å². The quantitative estimate of drug-likeness (QED) is 0.431. The van der Waals surface area contributed by atoms with Crippen molar-refractivity contribution in [2.24, 2.45) is 0 Å². The minimum absolute atomic E-state index is 0.0978. The number of ether oxygens (including phenoxy) is 1. The van der Waals surface area contributed by atoms with E-state index in [0.29, 0.717) is 11.3 Å². The molecule has 0 aromatic heterocycles. The molecule has 1 heterocycles. The maximum atomic E-state index is 12.7. The van der Waals surface area contributed by atoms with Crippen molar-refractivity contribution in [3.63, 3.8) is 0 Å². The van der Waals surface area contributed by atoms with Gasteiger partial charge in [0.2, 0.25) is 0 Å². The number of aryl methyl sites for hydroxylation is 1. The van der Waals surface area contributed by atoms with Gasteiger partial charge in [-0.2, -0.15) is 0 Å². The van der Waals surface area contributed by atoms with Crippen molar-refractivity contribution in [2.45, 2.75) is 32.2 Å². The lowest BCUT2D eigenvalue weighted by Gasteiger charge is -2.20. The predicted molar refractivity (Wildman–Crippen MR) is 140 cm³/mol. The smallest absolute Gasteiger partial charge is 0.308 e. The van der Waals surface area contributed by atoms with E-state index >= 15 is 0 Å². The Balaban J connectivity index is 1.32. The molecule has 1 aliphatic heterocycles. The van der Waals surface area contributed by atoms with E-state index in [4.69, 9.17) is 4.74 Å². The van der Waals surface area contributed by atoms with Gasteiger partial charge in [0, 0.05) is 30.0 Å². The molecule has 7 heteroatoms. The average molecular weight is 486 g/mol. The standard InChI is InChI=1S/C29H31N3O4/c1-21-18-24(32-16-8-9-17-32)14-15-25(21)30-27(33)20-36-28(34)19-26(22-10-4-2-5-11-22)31-29(35)23-12-6-3-7-13-23/h2-7,10-15,18,26H,8-9,16-17,19-20H2,1H3,(H,30,33)(H,31,35)/t26-/m0/s1. The molecule has 1 atom stereocenters. The zero-order valence-electron chi connectivity index (χ0n) is 20.4. The van der Waals surface area contributed by atoms with Crippen molar-refractivity contribution in [2.75, 3.05) is 29.9 Å². The topological polar surface area (TPSA) is 87.7 Å². The van der Waals surface area contributed by atoms with Crippen LogP contribution in [-0.4, -0.2) is 37.5 Å². The van der Waals surface area contributed by atoms with Gasteiger partial charge in [0.15, 0.2) is 6.61 Å². The first-order valence-electron chi connectivity index (χ1n) is 12.2. The SMILES string of the molecule is Cc1cc(N2CCCC2)ccc1NC(=O)COC(=O)C[C@H](NC(=O)c1ccccc1)c1ccccc1. The third-order valence-electron chi connectivity index (χ3n) is 6.23. The second-order valence-electron chi connectivity index (χ2n) is 8.91. The minimum atomic E-state index is -0.588. The third kappa shape index (κ3) is 6.72. The fourth-order valence-electron chi connectivity index (χ4n) is 4.29. The Kier molecular flexibility index (Phi) is 8.34. The van der Waals surface area contributed by atoms with Gasteiger partial charge in [-0.3, -0.25) is 14.4 Å². The van der Waals surface area contributed by atoms with E-state index in [-0.39, 0.29) is 12.3 Å². The summed E-state index contributed by atoms with van der Waals surface area (Å²) < 4.78 is 5.25. The van der Waals surface area contributed by atoms with Gasteiger partial charge in [-0.05, 0) is 61.2 Å². The largest absolute Gasteiger partial charge is 0.455 e. The van der Waals surface area contributed by atoms with Crippen LogP contribution in [0.1, 0.15) is 46.8 Å². The predicted octanol–water partition coefficient (Wildman–Crippen LogP) is 4.64. The fraction of sp³-hybridized carbons (Fsp3) is 0.276. The Morgan fingerprint density at radius 1 is 0.917 bits per heavy atom. The van der Waals surface area contributed by atoms with Crippen LogP contribution in [-0.2, 0) is 14.3 Å². The lowest BCUT2D eigenvalue weighted by Crippen LogP contribution is -2.31. The lowest BCUT2D eigenvalue weighted by atomic mass is 10.0. The van der Waals surface area contributed by atoms with Gasteiger partial charge in [0.05, 0.1) is 12.5 Å². The summed E-state index contributed by atoms with van der Waals surface area (Å²) >= 11 is 0. The third-order valence-corrected chi connectivity index (χ3v) is 6.23. The van der Waals surface area contributed by atoms with Crippen LogP contribution >= 0.6 is 0 Å². The monoisotopic (exact) mass is 485 g/mol. The summed E-state index contributed by atoms with van der Waals surface area (Å²) in [5, 5.41) is 5.72. The molecule has 2 N–H and O–H groups in total. The number of rotatable bonds is 9. The molecule has 1 fully saturated rings. The van der Waals surface area contributed by atoms with Crippen LogP contribution in [0.2, 0.25) is 0 Å². The van der Waals surface area contributed by atoms with E-state index in [1.54, 1.807) is 24.3 Å². The molecule has 1 saturated heterocycles. The van der Waals surface area contributed by atoms with E-state index in [1.807, 2.05) is 55.5 Å². The van der Waals surface area contributed by atoms with E-state index in [0.717, 1.165) is 29.9 Å². The summed E-state index contributed by atoms with van der Waals surface area (Å²) in [5.41, 5.74) is 4.07. The van der Waals surface area contributed by atoms with Crippen molar-refractivity contribution in [1.82, 2.24) is 5.32 Å². The van der Waals surface area contributed by atoms with Crippen molar-refractivity contribution in [1.29, 1.82) is 0 Å². The summed E-state index contributed by atoms with van der Waals surface area (Å²) in [6.07, 6.45) is 2.30. The van der Waals surface area contributed by atoms with Crippen LogP contribution in [0.3, 0.4) is 0 Å². The number of nitrogens with zero attached hydrogens (tertiary/aromatic N) is 1. The number of nitrogens with one attached hydrogen (secondary N) is 2. The van der Waals surface area contributed by atoms with E-state index in [2.05, 4.69) is 21.6 Å². The van der Waals surface area contributed by atoms with Crippen LogP contribution in [0, 0.1) is 6.92 Å². The van der Waals surface area contributed by atoms with Crippen molar-refractivity contribution in [3.05, 3.63) is 95.6 Å². The molecule has 0 bridgehead atoms. The summed E-state index contributed by atoms with van der Waals surface area (Å²) in [6.45, 7) is 3.65. The molecule has 4 rings (SSSR count). The first-order chi connectivity index (χ1) is 17.5. The molecule has 36 heavy (non-hydrogen) atoms. The molecule has 0 unspecified atom stereocenters. The summed E-state index contributed by atoms with van der Waals surface area (Å²) in [7, 11) is 0. The van der Waals surface area contributed by atoms with Crippen molar-refractivity contribution in [3.8, 4) is 0 Å². The van der Waals surface area contributed by atoms with Crippen LogP contribution < -0.4 is 15.5 Å². The van der Waals surface area contributed by atoms with E-state index in [9.17, 15) is 14.4 Å². The summed E-state index contributed by atoms with van der Waals surface area (Å²) in [6, 6.07) is 23.4. The molecule has 7 nitrogen and oxygen atoms in total. The van der Waals surface area contributed by atoms with Gasteiger partial charge in [0.1, 0.15) is 0 Å². The Morgan fingerprint density at radius 3 is 2.25 bits per heavy atom. The molecule has 3 aromatic carbocycles. The highest BCUT2D eigenvalue weighted by molar-refractivity contribution is 5.95. The van der Waals surface area contributed by atoms with Gasteiger partial charge in [0.25, 0.3) is 11.8 Å². The zero-order valence-corrected chi connectivity index (χ0v) is 20.4. The molecule has 0 spiro atoms. The summed E-state index contributed by atoms with van der Waals surface area (Å²) in [4.78, 5) is 40.1. The van der Waals surface area contributed by atoms with Gasteiger partial charge >= 0.3 is 5.97 Å². The lowest BCUT2D eigenvalue weighted by molar-refractivity contribution is -0.147. The number of hydrogen-bond donors (Lipinski definition) is 2. The first kappa shape index (κ1) is 25.0. The Bertz CT molecular complexity index is 1190. The van der Waals surface area contributed by atoms with Crippen LogP contribution in [0.4, 0.5) is 11.4 Å². The molecule has 0 aliphatic carbocycles. The molecule has 3 aromatic rings. The summed E-state index contributed by atoms with van der Waals surface area (Å²) in [5.74, 6) is -1.28. The number of benzene rings is 3. The Hall–Kier alpha value is -4.13. The number of amides is 2. The van der Waals surface area contributed by atoms with Crippen LogP contribution in [0.25, 0.3) is 0 Å². The normalized spacial score (nSPS) is 13.6. The first-order valence-corrected chi connectivity index (χ1v) is 12.2. The molecular formula is C29H31N3O4. The second-order valence-corrected chi connectivity index (χ2v) is 8.91. The maximum absolute atomic E-state index is 12.7. The van der Waals surface area contributed by atoms with Crippen LogP contribution in [0.5, 0.6) is 0 Å².